The molecule has 4 heteroatoms. The molecular weight excluding hydrogens is 256 g/mol. The van der Waals surface area contributed by atoms with Crippen LogP contribution in [0.4, 0.5) is 0 Å². The highest BCUT2D eigenvalue weighted by Crippen LogP contribution is 2.24. The minimum Gasteiger partial charge on any atom is -0.465 e. The zero-order valence-electron chi connectivity index (χ0n) is 12.0. The van der Waals surface area contributed by atoms with Gasteiger partial charge in [0.15, 0.2) is 0 Å². The fourth-order valence-electron chi connectivity index (χ4n) is 1.68. The summed E-state index contributed by atoms with van der Waals surface area (Å²) in [4.78, 5) is 0. The van der Waals surface area contributed by atoms with E-state index in [4.69, 9.17) is 18.9 Å². The van der Waals surface area contributed by atoms with Crippen molar-refractivity contribution in [1.82, 2.24) is 0 Å². The van der Waals surface area contributed by atoms with E-state index < -0.39 is 5.97 Å². The Kier molecular flexibility index (Phi) is 6.73. The van der Waals surface area contributed by atoms with Crippen LogP contribution in [0.1, 0.15) is 0 Å². The monoisotopic (exact) mass is 276 g/mol. The standard InChI is InChI=1S/C16H20O4/c1-5-9-14(16(17-2,18-3)19-4)12-13-20-15-10-7-6-8-11-15/h5-13H,1H2,2-4H3/b13-12+,14-9+. The highest BCUT2D eigenvalue weighted by molar-refractivity contribution is 5.29. The molecule has 0 unspecified atom stereocenters. The van der Waals surface area contributed by atoms with Gasteiger partial charge in [-0.3, -0.25) is 0 Å². The molecule has 0 aliphatic rings. The third-order valence-corrected chi connectivity index (χ3v) is 2.65. The van der Waals surface area contributed by atoms with Gasteiger partial charge in [0.25, 0.3) is 0 Å². The molecule has 0 spiro atoms. The van der Waals surface area contributed by atoms with Crippen LogP contribution >= 0.6 is 0 Å². The molecule has 4 nitrogen and oxygen atoms in total. The average Bonchev–Trinajstić information content (AvgIpc) is 2.50. The molecule has 108 valence electrons. The molecule has 0 radical (unpaired) electrons. The van der Waals surface area contributed by atoms with Crippen LogP contribution in [0.15, 0.2) is 67.0 Å². The maximum Gasteiger partial charge on any atom is 0.311 e. The summed E-state index contributed by atoms with van der Waals surface area (Å²) in [6.07, 6.45) is 6.58. The number of hydrogen-bond acceptors (Lipinski definition) is 4. The van der Waals surface area contributed by atoms with Gasteiger partial charge in [0.2, 0.25) is 0 Å². The number of hydrogen-bond donors (Lipinski definition) is 0. The van der Waals surface area contributed by atoms with E-state index in [0.29, 0.717) is 5.57 Å². The third kappa shape index (κ3) is 4.06. The zero-order chi connectivity index (χ0) is 14.8. The predicted molar refractivity (Wildman–Crippen MR) is 78.2 cm³/mol. The van der Waals surface area contributed by atoms with Crippen LogP contribution in [0.2, 0.25) is 0 Å². The SMILES string of the molecule is C=C/C=C(\C=C\Oc1ccccc1)C(OC)(OC)OC. The molecule has 0 aliphatic carbocycles. The van der Waals surface area contributed by atoms with Crippen molar-refractivity contribution in [2.45, 2.75) is 5.97 Å². The van der Waals surface area contributed by atoms with Crippen LogP contribution in [0.25, 0.3) is 0 Å². The van der Waals surface area contributed by atoms with Gasteiger partial charge in [-0.05, 0) is 18.2 Å². The third-order valence-electron chi connectivity index (χ3n) is 2.65. The lowest BCUT2D eigenvalue weighted by atomic mass is 10.2. The Hall–Kier alpha value is -1.88. The van der Waals surface area contributed by atoms with Crippen molar-refractivity contribution in [2.75, 3.05) is 21.3 Å². The summed E-state index contributed by atoms with van der Waals surface area (Å²) in [6, 6.07) is 9.43. The number of methoxy groups -OCH3 is 3. The summed E-state index contributed by atoms with van der Waals surface area (Å²) in [5.74, 6) is -0.551. The highest BCUT2D eigenvalue weighted by Gasteiger charge is 2.33. The van der Waals surface area contributed by atoms with E-state index in [1.54, 1.807) is 18.2 Å². The molecule has 0 aliphatic heterocycles. The second-order valence-electron chi connectivity index (χ2n) is 3.76. The van der Waals surface area contributed by atoms with E-state index in [-0.39, 0.29) is 0 Å². The van der Waals surface area contributed by atoms with Crippen molar-refractivity contribution in [1.29, 1.82) is 0 Å². The molecule has 1 rings (SSSR count). The summed E-state index contributed by atoms with van der Waals surface area (Å²) in [7, 11) is 4.49. The maximum absolute atomic E-state index is 5.49. The lowest BCUT2D eigenvalue weighted by Gasteiger charge is -2.29. The molecule has 20 heavy (non-hydrogen) atoms. The normalized spacial score (nSPS) is 12.7. The fourth-order valence-corrected chi connectivity index (χ4v) is 1.68. The van der Waals surface area contributed by atoms with E-state index in [2.05, 4.69) is 6.58 Å². The van der Waals surface area contributed by atoms with Gasteiger partial charge in [-0.15, -0.1) is 0 Å². The van der Waals surface area contributed by atoms with Gasteiger partial charge < -0.3 is 18.9 Å². The topological polar surface area (TPSA) is 36.9 Å². The Morgan fingerprint density at radius 1 is 1.05 bits per heavy atom. The first-order chi connectivity index (χ1) is 9.72. The smallest absolute Gasteiger partial charge is 0.311 e. The van der Waals surface area contributed by atoms with Gasteiger partial charge in [-0.1, -0.05) is 36.9 Å². The van der Waals surface area contributed by atoms with Crippen molar-refractivity contribution >= 4 is 0 Å². The molecular formula is C16H20O4. The molecule has 0 aromatic heterocycles. The summed E-state index contributed by atoms with van der Waals surface area (Å²) < 4.78 is 21.3. The Morgan fingerprint density at radius 3 is 2.15 bits per heavy atom. The molecule has 1 aromatic carbocycles. The molecule has 0 heterocycles. The molecule has 0 N–H and O–H groups in total. The lowest BCUT2D eigenvalue weighted by Crippen LogP contribution is -2.37. The highest BCUT2D eigenvalue weighted by atomic mass is 16.9. The second kappa shape index (κ2) is 8.32. The first kappa shape index (κ1) is 16.2. The first-order valence-corrected chi connectivity index (χ1v) is 6.09. The fraction of sp³-hybridized carbons (Fsp3) is 0.250. The number of para-hydroxylation sites is 1. The second-order valence-corrected chi connectivity index (χ2v) is 3.76. The van der Waals surface area contributed by atoms with Crippen LogP contribution in [0, 0.1) is 0 Å². The molecule has 0 bridgehead atoms. The summed E-state index contributed by atoms with van der Waals surface area (Å²) >= 11 is 0. The maximum atomic E-state index is 5.49. The number of allylic oxidation sites excluding steroid dienone is 2. The van der Waals surface area contributed by atoms with Gasteiger partial charge in [-0.25, -0.2) is 0 Å². The molecule has 0 saturated heterocycles. The van der Waals surface area contributed by atoms with E-state index in [0.717, 1.165) is 5.75 Å². The molecule has 0 saturated carbocycles. The summed E-state index contributed by atoms with van der Waals surface area (Å²) in [6.45, 7) is 3.67. The summed E-state index contributed by atoms with van der Waals surface area (Å²) in [5.41, 5.74) is 0.621. The minimum absolute atomic E-state index is 0.621. The van der Waals surface area contributed by atoms with Crippen molar-refractivity contribution in [3.05, 3.63) is 67.0 Å². The predicted octanol–water partition coefficient (Wildman–Crippen LogP) is 3.28. The Balaban J connectivity index is 2.87. The van der Waals surface area contributed by atoms with Gasteiger partial charge in [-0.2, -0.15) is 0 Å². The van der Waals surface area contributed by atoms with Crippen LogP contribution in [0.3, 0.4) is 0 Å². The summed E-state index contributed by atoms with van der Waals surface area (Å²) in [5, 5.41) is 0. The van der Waals surface area contributed by atoms with Gasteiger partial charge >= 0.3 is 5.97 Å². The van der Waals surface area contributed by atoms with Crippen LogP contribution < -0.4 is 4.74 Å². The van der Waals surface area contributed by atoms with E-state index in [1.807, 2.05) is 30.3 Å². The molecule has 1 aromatic rings. The largest absolute Gasteiger partial charge is 0.465 e. The van der Waals surface area contributed by atoms with E-state index in [9.17, 15) is 0 Å². The van der Waals surface area contributed by atoms with Crippen molar-refractivity contribution < 1.29 is 18.9 Å². The molecule has 0 amide bonds. The average molecular weight is 276 g/mol. The van der Waals surface area contributed by atoms with Crippen molar-refractivity contribution in [3.63, 3.8) is 0 Å². The molecule has 0 fully saturated rings. The minimum atomic E-state index is -1.29. The quantitative estimate of drug-likeness (QED) is 0.415. The first-order valence-electron chi connectivity index (χ1n) is 6.09. The van der Waals surface area contributed by atoms with Crippen molar-refractivity contribution in [2.24, 2.45) is 0 Å². The van der Waals surface area contributed by atoms with Crippen LogP contribution in [0.5, 0.6) is 5.75 Å². The van der Waals surface area contributed by atoms with Crippen molar-refractivity contribution in [3.8, 4) is 5.75 Å². The van der Waals surface area contributed by atoms with E-state index >= 15 is 0 Å². The van der Waals surface area contributed by atoms with Gasteiger partial charge in [0.1, 0.15) is 5.75 Å². The number of rotatable bonds is 8. The Labute approximate surface area is 119 Å². The van der Waals surface area contributed by atoms with E-state index in [1.165, 1.54) is 27.6 Å². The zero-order valence-corrected chi connectivity index (χ0v) is 12.0. The Morgan fingerprint density at radius 2 is 1.65 bits per heavy atom. The van der Waals surface area contributed by atoms with Gasteiger partial charge in [0, 0.05) is 26.9 Å². The number of ether oxygens (including phenoxy) is 4. The van der Waals surface area contributed by atoms with Gasteiger partial charge in [0.05, 0.1) is 6.26 Å². The number of benzene rings is 1. The molecule has 0 atom stereocenters. The lowest BCUT2D eigenvalue weighted by molar-refractivity contribution is -0.324. The Bertz CT molecular complexity index is 450. The van der Waals surface area contributed by atoms with Crippen LogP contribution in [-0.2, 0) is 14.2 Å². The van der Waals surface area contributed by atoms with Crippen LogP contribution in [-0.4, -0.2) is 27.3 Å².